The zero-order valence-corrected chi connectivity index (χ0v) is 14.7. The molecule has 0 unspecified atom stereocenters. The minimum atomic E-state index is 0.596. The molecule has 1 fully saturated rings. The van der Waals surface area contributed by atoms with Gasteiger partial charge in [0.25, 0.3) is 0 Å². The first-order chi connectivity index (χ1) is 11.3. The molecule has 23 heavy (non-hydrogen) atoms. The van der Waals surface area contributed by atoms with Crippen LogP contribution in [0.5, 0.6) is 0 Å². The normalized spacial score (nSPS) is 16.7. The molecule has 1 aliphatic rings. The van der Waals surface area contributed by atoms with Gasteiger partial charge in [0.15, 0.2) is 5.96 Å². The summed E-state index contributed by atoms with van der Waals surface area (Å²) in [7, 11) is 1.85. The highest BCUT2D eigenvalue weighted by Crippen LogP contribution is 2.22. The minimum Gasteiger partial charge on any atom is -0.356 e. The number of thiazole rings is 1. The fourth-order valence-electron chi connectivity index (χ4n) is 3.11. The summed E-state index contributed by atoms with van der Waals surface area (Å²) in [6.07, 6.45) is 8.70. The summed E-state index contributed by atoms with van der Waals surface area (Å²) < 4.78 is 1.28. The number of fused-ring (bicyclic) bond motifs is 1. The summed E-state index contributed by atoms with van der Waals surface area (Å²) in [5.74, 6) is 0.946. The zero-order chi connectivity index (χ0) is 15.9. The highest BCUT2D eigenvalue weighted by Gasteiger charge is 2.14. The van der Waals surface area contributed by atoms with Gasteiger partial charge < -0.3 is 10.6 Å². The molecule has 5 heteroatoms. The standard InChI is InChI=1S/C18H26N4S/c1-19-18(21-14-8-3-2-4-9-14)20-13-7-12-17-22-15-10-5-6-11-16(15)23-17/h5-6,10-11,14H,2-4,7-9,12-13H2,1H3,(H2,19,20,21). The Morgan fingerprint density at radius 3 is 2.87 bits per heavy atom. The van der Waals surface area contributed by atoms with Crippen LogP contribution in [0.3, 0.4) is 0 Å². The maximum Gasteiger partial charge on any atom is 0.191 e. The molecule has 124 valence electrons. The van der Waals surface area contributed by atoms with Crippen LogP contribution >= 0.6 is 11.3 Å². The van der Waals surface area contributed by atoms with E-state index in [1.807, 2.05) is 13.1 Å². The van der Waals surface area contributed by atoms with Crippen LogP contribution in [0, 0.1) is 0 Å². The van der Waals surface area contributed by atoms with Crippen LogP contribution in [0.15, 0.2) is 29.3 Å². The van der Waals surface area contributed by atoms with Crippen molar-refractivity contribution in [3.05, 3.63) is 29.3 Å². The van der Waals surface area contributed by atoms with Crippen molar-refractivity contribution >= 4 is 27.5 Å². The van der Waals surface area contributed by atoms with E-state index in [9.17, 15) is 0 Å². The fourth-order valence-corrected chi connectivity index (χ4v) is 4.12. The largest absolute Gasteiger partial charge is 0.356 e. The Kier molecular flexibility index (Phi) is 5.86. The molecule has 0 saturated heterocycles. The first-order valence-electron chi connectivity index (χ1n) is 8.67. The monoisotopic (exact) mass is 330 g/mol. The third-order valence-electron chi connectivity index (χ3n) is 4.37. The van der Waals surface area contributed by atoms with Crippen molar-refractivity contribution < 1.29 is 0 Å². The van der Waals surface area contributed by atoms with Gasteiger partial charge in [-0.1, -0.05) is 31.4 Å². The number of nitrogens with zero attached hydrogens (tertiary/aromatic N) is 2. The molecule has 0 aliphatic heterocycles. The molecule has 0 amide bonds. The Bertz CT molecular complexity index is 610. The Balaban J connectivity index is 1.41. The molecule has 2 aromatic rings. The van der Waals surface area contributed by atoms with Gasteiger partial charge in [-0.25, -0.2) is 4.98 Å². The summed E-state index contributed by atoms with van der Waals surface area (Å²) in [5, 5.41) is 8.21. The lowest BCUT2D eigenvalue weighted by molar-refractivity contribution is 0.410. The van der Waals surface area contributed by atoms with Crippen LogP contribution < -0.4 is 10.6 Å². The van der Waals surface area contributed by atoms with Crippen LogP contribution in [0.1, 0.15) is 43.5 Å². The van der Waals surface area contributed by atoms with Gasteiger partial charge in [0.05, 0.1) is 15.2 Å². The number of aliphatic imine (C=N–C) groups is 1. The topological polar surface area (TPSA) is 49.3 Å². The smallest absolute Gasteiger partial charge is 0.191 e. The second kappa shape index (κ2) is 8.29. The molecule has 4 nitrogen and oxygen atoms in total. The van der Waals surface area contributed by atoms with E-state index in [1.165, 1.54) is 41.8 Å². The molecule has 0 atom stereocenters. The van der Waals surface area contributed by atoms with E-state index in [-0.39, 0.29) is 0 Å². The predicted molar refractivity (Wildman–Crippen MR) is 99.3 cm³/mol. The number of hydrogen-bond donors (Lipinski definition) is 2. The quantitative estimate of drug-likeness (QED) is 0.499. The summed E-state index contributed by atoms with van der Waals surface area (Å²) in [6, 6.07) is 8.95. The number of benzene rings is 1. The fraction of sp³-hybridized carbons (Fsp3) is 0.556. The number of aromatic nitrogens is 1. The van der Waals surface area contributed by atoms with Crippen LogP contribution in [-0.4, -0.2) is 30.6 Å². The molecule has 1 aliphatic carbocycles. The molecule has 0 radical (unpaired) electrons. The third-order valence-corrected chi connectivity index (χ3v) is 5.46. The molecular weight excluding hydrogens is 304 g/mol. The van der Waals surface area contributed by atoms with Crippen molar-refractivity contribution in [3.8, 4) is 0 Å². The van der Waals surface area contributed by atoms with Crippen molar-refractivity contribution in [2.24, 2.45) is 4.99 Å². The summed E-state index contributed by atoms with van der Waals surface area (Å²) in [5.41, 5.74) is 1.12. The van der Waals surface area contributed by atoms with Crippen LogP contribution in [0.4, 0.5) is 0 Å². The maximum atomic E-state index is 4.69. The number of guanidine groups is 1. The van der Waals surface area contributed by atoms with Crippen LogP contribution in [-0.2, 0) is 6.42 Å². The molecule has 0 spiro atoms. The molecule has 1 aromatic heterocycles. The molecule has 2 N–H and O–H groups in total. The van der Waals surface area contributed by atoms with E-state index >= 15 is 0 Å². The van der Waals surface area contributed by atoms with Gasteiger partial charge in [0.1, 0.15) is 0 Å². The summed E-state index contributed by atoms with van der Waals surface area (Å²) in [4.78, 5) is 9.03. The van der Waals surface area contributed by atoms with Gasteiger partial charge >= 0.3 is 0 Å². The highest BCUT2D eigenvalue weighted by atomic mass is 32.1. The maximum absolute atomic E-state index is 4.69. The number of hydrogen-bond acceptors (Lipinski definition) is 3. The first kappa shape index (κ1) is 16.2. The Morgan fingerprint density at radius 2 is 2.09 bits per heavy atom. The van der Waals surface area contributed by atoms with E-state index in [1.54, 1.807) is 11.3 Å². The number of rotatable bonds is 5. The van der Waals surface area contributed by atoms with Crippen molar-refractivity contribution in [3.63, 3.8) is 0 Å². The second-order valence-corrected chi connectivity index (χ2v) is 7.27. The van der Waals surface area contributed by atoms with Gasteiger partial charge in [0.2, 0.25) is 0 Å². The third kappa shape index (κ3) is 4.67. The van der Waals surface area contributed by atoms with Crippen LogP contribution in [0.2, 0.25) is 0 Å². The van der Waals surface area contributed by atoms with Crippen LogP contribution in [0.25, 0.3) is 10.2 Å². The van der Waals surface area contributed by atoms with Gasteiger partial charge in [0, 0.05) is 26.1 Å². The van der Waals surface area contributed by atoms with Gasteiger partial charge in [-0.3, -0.25) is 4.99 Å². The highest BCUT2D eigenvalue weighted by molar-refractivity contribution is 7.18. The van der Waals surface area contributed by atoms with E-state index in [0.717, 1.165) is 30.9 Å². The number of aryl methyl sites for hydroxylation is 1. The summed E-state index contributed by atoms with van der Waals surface area (Å²) in [6.45, 7) is 0.933. The Hall–Kier alpha value is -1.62. The first-order valence-corrected chi connectivity index (χ1v) is 9.48. The lowest BCUT2D eigenvalue weighted by atomic mass is 9.96. The van der Waals surface area contributed by atoms with Crippen molar-refractivity contribution in [1.82, 2.24) is 15.6 Å². The van der Waals surface area contributed by atoms with Gasteiger partial charge in [-0.05, 0) is 31.4 Å². The SMILES string of the molecule is CN=C(NCCCc1nc2ccccc2s1)NC1CCCCC1. The zero-order valence-electron chi connectivity index (χ0n) is 13.8. The number of nitrogens with one attached hydrogen (secondary N) is 2. The molecule has 1 heterocycles. The number of para-hydroxylation sites is 1. The second-order valence-electron chi connectivity index (χ2n) is 6.16. The molecule has 1 aromatic carbocycles. The van der Waals surface area contributed by atoms with E-state index in [0.29, 0.717) is 6.04 Å². The predicted octanol–water partition coefficient (Wildman–Crippen LogP) is 3.73. The molecule has 0 bridgehead atoms. The van der Waals surface area contributed by atoms with Crippen molar-refractivity contribution in [1.29, 1.82) is 0 Å². The van der Waals surface area contributed by atoms with Gasteiger partial charge in [-0.2, -0.15) is 0 Å². The van der Waals surface area contributed by atoms with Crippen molar-refractivity contribution in [2.75, 3.05) is 13.6 Å². The van der Waals surface area contributed by atoms with E-state index < -0.39 is 0 Å². The Morgan fingerprint density at radius 1 is 1.26 bits per heavy atom. The molecular formula is C18H26N4S. The van der Waals surface area contributed by atoms with E-state index in [2.05, 4.69) is 38.8 Å². The molecule has 3 rings (SSSR count). The molecule has 1 saturated carbocycles. The lowest BCUT2D eigenvalue weighted by Crippen LogP contribution is -2.44. The van der Waals surface area contributed by atoms with E-state index in [4.69, 9.17) is 0 Å². The average molecular weight is 331 g/mol. The van der Waals surface area contributed by atoms with Gasteiger partial charge in [-0.15, -0.1) is 11.3 Å². The van der Waals surface area contributed by atoms with Crippen molar-refractivity contribution in [2.45, 2.75) is 51.0 Å². The lowest BCUT2D eigenvalue weighted by Gasteiger charge is -2.24. The summed E-state index contributed by atoms with van der Waals surface area (Å²) >= 11 is 1.81. The average Bonchev–Trinajstić information content (AvgIpc) is 3.01. The minimum absolute atomic E-state index is 0.596. The Labute approximate surface area is 142 Å².